The van der Waals surface area contributed by atoms with Crippen LogP contribution < -0.4 is 0 Å². The summed E-state index contributed by atoms with van der Waals surface area (Å²) in [5, 5.41) is 1.29. The van der Waals surface area contributed by atoms with E-state index in [1.54, 1.807) is 12.1 Å². The van der Waals surface area contributed by atoms with Crippen molar-refractivity contribution in [2.45, 2.75) is 32.5 Å². The van der Waals surface area contributed by atoms with E-state index in [-0.39, 0.29) is 11.9 Å². The Morgan fingerprint density at radius 2 is 1.96 bits per heavy atom. The summed E-state index contributed by atoms with van der Waals surface area (Å²) >= 11 is 0. The third-order valence-electron chi connectivity index (χ3n) is 5.81. The highest BCUT2D eigenvalue weighted by molar-refractivity contribution is 5.85. The highest BCUT2D eigenvalue weighted by Crippen LogP contribution is 2.39. The molecule has 0 fully saturated rings. The van der Waals surface area contributed by atoms with Crippen LogP contribution in [0, 0.1) is 5.82 Å². The fourth-order valence-electron chi connectivity index (χ4n) is 4.44. The van der Waals surface area contributed by atoms with Gasteiger partial charge in [-0.15, -0.1) is 0 Å². The molecule has 0 radical (unpaired) electrons. The molecule has 0 aliphatic carbocycles. The lowest BCUT2D eigenvalue weighted by atomic mass is 9.92. The van der Waals surface area contributed by atoms with Gasteiger partial charge in [-0.05, 0) is 42.7 Å². The molecule has 0 bridgehead atoms. The monoisotopic (exact) mass is 374 g/mol. The molecule has 1 aliphatic rings. The van der Waals surface area contributed by atoms with Crippen LogP contribution in [0.5, 0.6) is 0 Å². The predicted molar refractivity (Wildman–Crippen MR) is 109 cm³/mol. The van der Waals surface area contributed by atoms with Gasteiger partial charge >= 0.3 is 0 Å². The minimum Gasteiger partial charge on any atom is -0.357 e. The average Bonchev–Trinajstić information content (AvgIpc) is 3.32. The fraction of sp³-hybridized carbons (Fsp3) is 0.261. The lowest BCUT2D eigenvalue weighted by Gasteiger charge is -2.36. The van der Waals surface area contributed by atoms with Crippen LogP contribution in [0.3, 0.4) is 0 Å². The van der Waals surface area contributed by atoms with Crippen molar-refractivity contribution >= 4 is 10.9 Å². The third kappa shape index (κ3) is 2.83. The van der Waals surface area contributed by atoms with E-state index in [4.69, 9.17) is 0 Å². The molecule has 1 unspecified atom stereocenters. The number of aromatic amines is 1. The van der Waals surface area contributed by atoms with E-state index in [9.17, 15) is 4.39 Å². The Bertz CT molecular complexity index is 1110. The zero-order chi connectivity index (χ0) is 19.1. The van der Waals surface area contributed by atoms with Crippen molar-refractivity contribution in [3.8, 4) is 0 Å². The Hall–Kier alpha value is -2.92. The maximum atomic E-state index is 13.6. The predicted octanol–water partition coefficient (Wildman–Crippen LogP) is 4.67. The van der Waals surface area contributed by atoms with Crippen LogP contribution in [0.25, 0.3) is 10.9 Å². The zero-order valence-electron chi connectivity index (χ0n) is 15.9. The standard InChI is InChI=1S/C23H23FN4/c1-2-27-14-12-25-21(27)15-28-13-11-19-18-5-3-4-6-20(18)26-22(19)23(28)16-7-9-17(24)10-8-16/h3-10,12,14,23,26H,2,11,13,15H2,1H3. The molecule has 5 rings (SSSR count). The number of fused-ring (bicyclic) bond motifs is 3. The van der Waals surface area contributed by atoms with E-state index in [1.807, 2.05) is 24.5 Å². The van der Waals surface area contributed by atoms with Gasteiger partial charge in [-0.3, -0.25) is 4.90 Å². The van der Waals surface area contributed by atoms with Crippen molar-refractivity contribution in [3.05, 3.63) is 89.4 Å². The Morgan fingerprint density at radius 3 is 2.79 bits per heavy atom. The number of aryl methyl sites for hydroxylation is 1. The van der Waals surface area contributed by atoms with Crippen LogP contribution in [0.2, 0.25) is 0 Å². The molecule has 2 aromatic heterocycles. The normalized spacial score (nSPS) is 17.1. The molecular weight excluding hydrogens is 351 g/mol. The van der Waals surface area contributed by atoms with Crippen molar-refractivity contribution in [3.63, 3.8) is 0 Å². The molecule has 3 heterocycles. The van der Waals surface area contributed by atoms with Crippen LogP contribution >= 0.6 is 0 Å². The SMILES string of the molecule is CCn1ccnc1CN1CCc2c([nH]c3ccccc23)C1c1ccc(F)cc1. The number of hydrogen-bond donors (Lipinski definition) is 1. The molecule has 4 aromatic rings. The summed E-state index contributed by atoms with van der Waals surface area (Å²) in [5.41, 5.74) is 4.86. The summed E-state index contributed by atoms with van der Waals surface area (Å²) in [5.74, 6) is 0.860. The van der Waals surface area contributed by atoms with Crippen molar-refractivity contribution in [1.29, 1.82) is 0 Å². The van der Waals surface area contributed by atoms with E-state index in [0.29, 0.717) is 0 Å². The second-order valence-corrected chi connectivity index (χ2v) is 7.37. The van der Waals surface area contributed by atoms with Gasteiger partial charge < -0.3 is 9.55 Å². The van der Waals surface area contributed by atoms with Gasteiger partial charge in [0.05, 0.1) is 12.6 Å². The summed E-state index contributed by atoms with van der Waals surface area (Å²) in [7, 11) is 0. The van der Waals surface area contributed by atoms with E-state index in [2.05, 4.69) is 50.6 Å². The van der Waals surface area contributed by atoms with Gasteiger partial charge in [0.2, 0.25) is 0 Å². The topological polar surface area (TPSA) is 36.9 Å². The van der Waals surface area contributed by atoms with Crippen LogP contribution in [-0.2, 0) is 19.5 Å². The number of nitrogens with zero attached hydrogens (tertiary/aromatic N) is 3. The molecule has 4 nitrogen and oxygen atoms in total. The number of imidazole rings is 1. The second-order valence-electron chi connectivity index (χ2n) is 7.37. The van der Waals surface area contributed by atoms with Gasteiger partial charge in [0.15, 0.2) is 0 Å². The van der Waals surface area contributed by atoms with E-state index in [0.717, 1.165) is 43.0 Å². The fourth-order valence-corrected chi connectivity index (χ4v) is 4.44. The molecule has 0 amide bonds. The zero-order valence-corrected chi connectivity index (χ0v) is 15.9. The first kappa shape index (κ1) is 17.2. The Morgan fingerprint density at radius 1 is 1.14 bits per heavy atom. The van der Waals surface area contributed by atoms with Crippen molar-refractivity contribution < 1.29 is 4.39 Å². The molecule has 1 atom stereocenters. The summed E-state index contributed by atoms with van der Waals surface area (Å²) in [6, 6.07) is 15.4. The summed E-state index contributed by atoms with van der Waals surface area (Å²) < 4.78 is 15.8. The second kappa shape index (κ2) is 6.91. The maximum Gasteiger partial charge on any atom is 0.123 e. The number of benzene rings is 2. The number of H-pyrrole nitrogens is 1. The molecule has 5 heteroatoms. The van der Waals surface area contributed by atoms with E-state index in [1.165, 1.54) is 16.6 Å². The lowest BCUT2D eigenvalue weighted by Crippen LogP contribution is -2.36. The first-order valence-corrected chi connectivity index (χ1v) is 9.83. The van der Waals surface area contributed by atoms with Gasteiger partial charge in [-0.2, -0.15) is 0 Å². The molecule has 1 N–H and O–H groups in total. The largest absolute Gasteiger partial charge is 0.357 e. The van der Waals surface area contributed by atoms with E-state index < -0.39 is 0 Å². The highest BCUT2D eigenvalue weighted by atomic mass is 19.1. The Labute approximate surface area is 163 Å². The van der Waals surface area contributed by atoms with Gasteiger partial charge in [0.1, 0.15) is 11.6 Å². The third-order valence-corrected chi connectivity index (χ3v) is 5.81. The summed E-state index contributed by atoms with van der Waals surface area (Å²) in [6.45, 7) is 4.74. The molecule has 0 saturated carbocycles. The smallest absolute Gasteiger partial charge is 0.123 e. The van der Waals surface area contributed by atoms with Crippen molar-refractivity contribution in [2.75, 3.05) is 6.54 Å². The molecule has 0 saturated heterocycles. The molecule has 2 aromatic carbocycles. The molecular formula is C23H23FN4. The minimum absolute atomic E-state index is 0.0544. The maximum absolute atomic E-state index is 13.6. The Balaban J connectivity index is 1.62. The number of halogens is 1. The van der Waals surface area contributed by atoms with Crippen LogP contribution in [0.15, 0.2) is 60.9 Å². The molecule has 1 aliphatic heterocycles. The first-order chi connectivity index (χ1) is 13.7. The minimum atomic E-state index is -0.204. The number of rotatable bonds is 4. The molecule has 0 spiro atoms. The summed E-state index contributed by atoms with van der Waals surface area (Å²) in [6.07, 6.45) is 4.88. The van der Waals surface area contributed by atoms with Crippen molar-refractivity contribution in [2.24, 2.45) is 0 Å². The Kier molecular flexibility index (Phi) is 4.24. The molecule has 142 valence electrons. The average molecular weight is 374 g/mol. The highest BCUT2D eigenvalue weighted by Gasteiger charge is 2.32. The lowest BCUT2D eigenvalue weighted by molar-refractivity contribution is 0.194. The number of aromatic nitrogens is 3. The van der Waals surface area contributed by atoms with Crippen LogP contribution in [0.4, 0.5) is 4.39 Å². The van der Waals surface area contributed by atoms with Gasteiger partial charge in [0, 0.05) is 42.1 Å². The van der Waals surface area contributed by atoms with Gasteiger partial charge in [0.25, 0.3) is 0 Å². The first-order valence-electron chi connectivity index (χ1n) is 9.83. The number of nitrogens with one attached hydrogen (secondary N) is 1. The van der Waals surface area contributed by atoms with Crippen LogP contribution in [0.1, 0.15) is 35.6 Å². The van der Waals surface area contributed by atoms with Crippen LogP contribution in [-0.4, -0.2) is 26.0 Å². The number of para-hydroxylation sites is 1. The molecule has 28 heavy (non-hydrogen) atoms. The summed E-state index contributed by atoms with van der Waals surface area (Å²) in [4.78, 5) is 10.7. The number of hydrogen-bond acceptors (Lipinski definition) is 2. The van der Waals surface area contributed by atoms with E-state index >= 15 is 0 Å². The van der Waals surface area contributed by atoms with Gasteiger partial charge in [-0.25, -0.2) is 9.37 Å². The van der Waals surface area contributed by atoms with Crippen molar-refractivity contribution in [1.82, 2.24) is 19.4 Å². The van der Waals surface area contributed by atoms with Gasteiger partial charge in [-0.1, -0.05) is 30.3 Å². The quantitative estimate of drug-likeness (QED) is 0.563.